The van der Waals surface area contributed by atoms with Crippen LogP contribution in [0, 0.1) is 12.7 Å². The number of rotatable bonds is 3. The lowest BCUT2D eigenvalue weighted by Gasteiger charge is -2.10. The molecule has 90 valence electrons. The first-order chi connectivity index (χ1) is 8.06. The fourth-order valence-electron chi connectivity index (χ4n) is 1.79. The van der Waals surface area contributed by atoms with Gasteiger partial charge in [-0.15, -0.1) is 11.3 Å². The van der Waals surface area contributed by atoms with Crippen molar-refractivity contribution >= 4 is 27.3 Å². The molecule has 1 heterocycles. The molecule has 4 heteroatoms. The Morgan fingerprint density at radius 2 is 2.18 bits per heavy atom. The second-order valence-corrected chi connectivity index (χ2v) is 6.55. The molecule has 0 aliphatic rings. The van der Waals surface area contributed by atoms with Crippen molar-refractivity contribution in [1.29, 1.82) is 0 Å². The molecular weight excluding hydrogens is 303 g/mol. The topological polar surface area (TPSA) is 20.2 Å². The third-order valence-electron chi connectivity index (χ3n) is 2.60. The zero-order chi connectivity index (χ0) is 12.4. The van der Waals surface area contributed by atoms with Crippen molar-refractivity contribution in [3.05, 3.63) is 55.9 Å². The van der Waals surface area contributed by atoms with E-state index in [2.05, 4.69) is 15.9 Å². The molecule has 1 unspecified atom stereocenters. The molecule has 0 radical (unpaired) electrons. The number of aliphatic hydroxyl groups excluding tert-OH is 1. The van der Waals surface area contributed by atoms with Crippen molar-refractivity contribution in [2.75, 3.05) is 0 Å². The molecule has 1 atom stereocenters. The van der Waals surface area contributed by atoms with Gasteiger partial charge in [-0.25, -0.2) is 4.39 Å². The Hall–Kier alpha value is -0.710. The molecule has 0 bridgehead atoms. The lowest BCUT2D eigenvalue weighted by atomic mass is 10.0. The predicted molar refractivity (Wildman–Crippen MR) is 71.8 cm³/mol. The van der Waals surface area contributed by atoms with Crippen LogP contribution in [0.1, 0.15) is 22.1 Å². The predicted octanol–water partition coefficient (Wildman–Crippen LogP) is 4.23. The van der Waals surface area contributed by atoms with E-state index in [-0.39, 0.29) is 5.82 Å². The highest BCUT2D eigenvalue weighted by atomic mass is 79.9. The Bertz CT molecular complexity index is 524. The first-order valence-electron chi connectivity index (χ1n) is 5.24. The molecule has 0 fully saturated rings. The molecule has 0 aliphatic carbocycles. The van der Waals surface area contributed by atoms with Crippen molar-refractivity contribution in [3.63, 3.8) is 0 Å². The number of benzene rings is 1. The van der Waals surface area contributed by atoms with Crippen LogP contribution >= 0.6 is 27.3 Å². The maximum absolute atomic E-state index is 13.0. The minimum absolute atomic E-state index is 0.266. The van der Waals surface area contributed by atoms with Crippen molar-refractivity contribution in [3.8, 4) is 0 Å². The first-order valence-corrected chi connectivity index (χ1v) is 6.85. The lowest BCUT2D eigenvalue weighted by molar-refractivity contribution is 0.178. The third-order valence-corrected chi connectivity index (χ3v) is 4.17. The van der Waals surface area contributed by atoms with Crippen LogP contribution in [0.2, 0.25) is 0 Å². The van der Waals surface area contributed by atoms with Crippen LogP contribution in [0.4, 0.5) is 4.39 Å². The Morgan fingerprint density at radius 3 is 2.76 bits per heavy atom. The summed E-state index contributed by atoms with van der Waals surface area (Å²) in [4.78, 5) is 1.08. The van der Waals surface area contributed by atoms with E-state index >= 15 is 0 Å². The maximum atomic E-state index is 13.0. The zero-order valence-electron chi connectivity index (χ0n) is 9.28. The summed E-state index contributed by atoms with van der Waals surface area (Å²) in [6.45, 7) is 1.97. The third kappa shape index (κ3) is 3.15. The van der Waals surface area contributed by atoms with E-state index in [0.717, 1.165) is 19.8 Å². The summed E-state index contributed by atoms with van der Waals surface area (Å²) in [7, 11) is 0. The van der Waals surface area contributed by atoms with Crippen LogP contribution in [0.3, 0.4) is 0 Å². The summed E-state index contributed by atoms with van der Waals surface area (Å²) in [6, 6.07) is 8.27. The van der Waals surface area contributed by atoms with Gasteiger partial charge in [0.15, 0.2) is 0 Å². The summed E-state index contributed by atoms with van der Waals surface area (Å²) in [5.41, 5.74) is 1.71. The quantitative estimate of drug-likeness (QED) is 0.898. The second-order valence-electron chi connectivity index (χ2n) is 3.91. The molecular formula is C13H12BrFOS. The van der Waals surface area contributed by atoms with E-state index in [9.17, 15) is 9.50 Å². The molecule has 1 nitrogen and oxygen atoms in total. The SMILES string of the molecule is Cc1sc(Br)cc1C(O)Cc1cccc(F)c1. The Balaban J connectivity index is 2.16. The van der Waals surface area contributed by atoms with Gasteiger partial charge in [-0.3, -0.25) is 0 Å². The van der Waals surface area contributed by atoms with Crippen LogP contribution in [-0.4, -0.2) is 5.11 Å². The molecule has 0 saturated heterocycles. The molecule has 2 aromatic rings. The van der Waals surface area contributed by atoms with Gasteiger partial charge >= 0.3 is 0 Å². The number of aliphatic hydroxyl groups is 1. The van der Waals surface area contributed by atoms with E-state index in [0.29, 0.717) is 6.42 Å². The summed E-state index contributed by atoms with van der Waals surface area (Å²) in [6.07, 6.45) is -0.152. The average molecular weight is 315 g/mol. The van der Waals surface area contributed by atoms with Crippen LogP contribution in [0.5, 0.6) is 0 Å². The van der Waals surface area contributed by atoms with Gasteiger partial charge < -0.3 is 5.11 Å². The molecule has 0 spiro atoms. The van der Waals surface area contributed by atoms with Crippen LogP contribution in [0.15, 0.2) is 34.1 Å². The molecule has 0 saturated carbocycles. The Labute approximate surface area is 112 Å². The second kappa shape index (κ2) is 5.29. The summed E-state index contributed by atoms with van der Waals surface area (Å²) in [5, 5.41) is 10.1. The van der Waals surface area contributed by atoms with E-state index in [1.807, 2.05) is 19.1 Å². The molecule has 17 heavy (non-hydrogen) atoms. The summed E-state index contributed by atoms with van der Waals surface area (Å²) in [5.74, 6) is -0.266. The highest BCUT2D eigenvalue weighted by Crippen LogP contribution is 2.32. The largest absolute Gasteiger partial charge is 0.388 e. The minimum Gasteiger partial charge on any atom is -0.388 e. The first kappa shape index (κ1) is 12.7. The molecule has 1 N–H and O–H groups in total. The van der Waals surface area contributed by atoms with Gasteiger partial charge in [0, 0.05) is 11.3 Å². The minimum atomic E-state index is -0.584. The van der Waals surface area contributed by atoms with Crippen molar-refractivity contribution in [2.45, 2.75) is 19.4 Å². The van der Waals surface area contributed by atoms with Crippen molar-refractivity contribution < 1.29 is 9.50 Å². The van der Waals surface area contributed by atoms with Gasteiger partial charge in [-0.05, 0) is 52.2 Å². The molecule has 0 aliphatic heterocycles. The number of aryl methyl sites for hydroxylation is 1. The summed E-state index contributed by atoms with van der Waals surface area (Å²) < 4.78 is 14.0. The van der Waals surface area contributed by atoms with Crippen LogP contribution < -0.4 is 0 Å². The Morgan fingerprint density at radius 1 is 1.41 bits per heavy atom. The van der Waals surface area contributed by atoms with Gasteiger partial charge in [0.05, 0.1) is 9.89 Å². The fourth-order valence-corrected chi connectivity index (χ4v) is 3.55. The van der Waals surface area contributed by atoms with E-state index in [1.54, 1.807) is 17.4 Å². The lowest BCUT2D eigenvalue weighted by Crippen LogP contribution is -2.02. The number of hydrogen-bond acceptors (Lipinski definition) is 2. The smallest absolute Gasteiger partial charge is 0.123 e. The van der Waals surface area contributed by atoms with Crippen molar-refractivity contribution in [1.82, 2.24) is 0 Å². The zero-order valence-corrected chi connectivity index (χ0v) is 11.7. The normalized spacial score (nSPS) is 12.7. The standard InChI is InChI=1S/C13H12BrFOS/c1-8-11(7-13(14)17-8)12(16)6-9-3-2-4-10(15)5-9/h2-5,7,12,16H,6H2,1H3. The molecule has 2 rings (SSSR count). The Kier molecular flexibility index (Phi) is 3.97. The fraction of sp³-hybridized carbons (Fsp3) is 0.231. The molecule has 1 aromatic heterocycles. The number of thiophene rings is 1. The number of halogens is 2. The van der Waals surface area contributed by atoms with Crippen LogP contribution in [-0.2, 0) is 6.42 Å². The monoisotopic (exact) mass is 314 g/mol. The van der Waals surface area contributed by atoms with Crippen molar-refractivity contribution in [2.24, 2.45) is 0 Å². The van der Waals surface area contributed by atoms with Gasteiger partial charge in [-0.2, -0.15) is 0 Å². The van der Waals surface area contributed by atoms with Crippen LogP contribution in [0.25, 0.3) is 0 Å². The van der Waals surface area contributed by atoms with E-state index < -0.39 is 6.10 Å². The average Bonchev–Trinajstić information content (AvgIpc) is 2.58. The molecule has 1 aromatic carbocycles. The highest BCUT2D eigenvalue weighted by Gasteiger charge is 2.14. The van der Waals surface area contributed by atoms with Gasteiger partial charge in [0.2, 0.25) is 0 Å². The van der Waals surface area contributed by atoms with Gasteiger partial charge in [-0.1, -0.05) is 12.1 Å². The molecule has 0 amide bonds. The maximum Gasteiger partial charge on any atom is 0.123 e. The van der Waals surface area contributed by atoms with E-state index in [4.69, 9.17) is 0 Å². The number of hydrogen-bond donors (Lipinski definition) is 1. The van der Waals surface area contributed by atoms with Gasteiger partial charge in [0.25, 0.3) is 0 Å². The van der Waals surface area contributed by atoms with Gasteiger partial charge in [0.1, 0.15) is 5.82 Å². The highest BCUT2D eigenvalue weighted by molar-refractivity contribution is 9.11. The summed E-state index contributed by atoms with van der Waals surface area (Å²) >= 11 is 4.99. The van der Waals surface area contributed by atoms with E-state index in [1.165, 1.54) is 12.1 Å².